The summed E-state index contributed by atoms with van der Waals surface area (Å²) in [4.78, 5) is 9.24. The number of aromatic nitrogens is 1. The maximum atomic E-state index is 14.6. The highest BCUT2D eigenvalue weighted by atomic mass is 32.1. The third kappa shape index (κ3) is 5.54. The average molecular weight is 426 g/mol. The molecule has 0 aliphatic heterocycles. The Labute approximate surface area is 170 Å². The van der Waals surface area contributed by atoms with E-state index in [0.29, 0.717) is 17.4 Å². The Hall–Kier alpha value is -2.47. The second-order valence-corrected chi connectivity index (χ2v) is 9.00. The van der Waals surface area contributed by atoms with Crippen LogP contribution in [0.4, 0.5) is 17.6 Å². The lowest BCUT2D eigenvalue weighted by molar-refractivity contribution is -0.140. The van der Waals surface area contributed by atoms with Gasteiger partial charge in [0.05, 0.1) is 11.1 Å². The first kappa shape index (κ1) is 22.8. The quantitative estimate of drug-likeness (QED) is 0.277. The summed E-state index contributed by atoms with van der Waals surface area (Å²) in [5, 5.41) is 9.00. The molecule has 0 spiro atoms. The minimum Gasteiger partial charge on any atom is -0.323 e. The van der Waals surface area contributed by atoms with Crippen molar-refractivity contribution < 1.29 is 17.6 Å². The number of benzene rings is 1. The molecule has 2 aromatic rings. The third-order valence-corrected chi connectivity index (χ3v) is 5.37. The summed E-state index contributed by atoms with van der Waals surface area (Å²) >= 11 is 1.33. The standard InChI is InChI=1S/C20H22F4N4S/c1-12(2)9-28-10-15(19(3,4)5)29-18(28)27-17(26-11-25)13-7-6-8-14(16(13)21)20(22,23)24/h6-8,10,12H,9H2,1-5H3/b26-17+,27-18-. The van der Waals surface area contributed by atoms with E-state index in [0.717, 1.165) is 17.0 Å². The molecule has 29 heavy (non-hydrogen) atoms. The van der Waals surface area contributed by atoms with Gasteiger partial charge < -0.3 is 4.57 Å². The molecule has 2 rings (SSSR count). The number of halogens is 4. The summed E-state index contributed by atoms with van der Waals surface area (Å²) in [5.74, 6) is -1.62. The molecule has 0 bridgehead atoms. The van der Waals surface area contributed by atoms with Gasteiger partial charge >= 0.3 is 6.18 Å². The van der Waals surface area contributed by atoms with E-state index >= 15 is 0 Å². The molecule has 0 N–H and O–H groups in total. The van der Waals surface area contributed by atoms with E-state index in [9.17, 15) is 17.6 Å². The fourth-order valence-electron chi connectivity index (χ4n) is 2.55. The van der Waals surface area contributed by atoms with E-state index in [1.807, 2.05) is 45.4 Å². The zero-order chi connectivity index (χ0) is 22.0. The number of alkyl halides is 3. The van der Waals surface area contributed by atoms with E-state index in [2.05, 4.69) is 9.98 Å². The van der Waals surface area contributed by atoms with Gasteiger partial charge in [-0.2, -0.15) is 28.4 Å². The summed E-state index contributed by atoms with van der Waals surface area (Å²) in [6, 6.07) is 2.85. The van der Waals surface area contributed by atoms with Crippen LogP contribution < -0.4 is 4.80 Å². The molecule has 9 heteroatoms. The second kappa shape index (κ2) is 8.49. The van der Waals surface area contributed by atoms with Crippen LogP contribution in [0.2, 0.25) is 0 Å². The highest BCUT2D eigenvalue weighted by Gasteiger charge is 2.35. The smallest absolute Gasteiger partial charge is 0.323 e. The second-order valence-electron chi connectivity index (χ2n) is 7.99. The van der Waals surface area contributed by atoms with Crippen molar-refractivity contribution in [1.82, 2.24) is 4.57 Å². The van der Waals surface area contributed by atoms with Crippen LogP contribution in [-0.2, 0) is 18.1 Å². The number of rotatable bonds is 3. The van der Waals surface area contributed by atoms with Crippen molar-refractivity contribution in [2.75, 3.05) is 0 Å². The molecule has 4 nitrogen and oxygen atoms in total. The molecule has 1 heterocycles. The number of hydrogen-bond acceptors (Lipinski definition) is 3. The maximum absolute atomic E-state index is 14.6. The number of aliphatic imine (C=N–C) groups is 1. The SMILES string of the molecule is CC(C)Cn1cc(C(C)(C)C)s/c1=N\C(=N\C#N)c1cccc(C(F)(F)F)c1F. The van der Waals surface area contributed by atoms with Crippen molar-refractivity contribution in [2.24, 2.45) is 15.9 Å². The lowest BCUT2D eigenvalue weighted by Gasteiger charge is -2.14. The summed E-state index contributed by atoms with van der Waals surface area (Å²) < 4.78 is 55.6. The van der Waals surface area contributed by atoms with E-state index in [1.54, 1.807) is 0 Å². The molecule has 1 aromatic heterocycles. The summed E-state index contributed by atoms with van der Waals surface area (Å²) in [5.41, 5.74) is -2.07. The monoisotopic (exact) mass is 426 g/mol. The van der Waals surface area contributed by atoms with E-state index in [-0.39, 0.29) is 11.3 Å². The fourth-order valence-corrected chi connectivity index (χ4v) is 3.60. The first-order valence-corrected chi connectivity index (χ1v) is 9.74. The predicted octanol–water partition coefficient (Wildman–Crippen LogP) is 5.49. The largest absolute Gasteiger partial charge is 0.419 e. The van der Waals surface area contributed by atoms with Gasteiger partial charge in [-0.15, -0.1) is 11.3 Å². The molecule has 0 fully saturated rings. The fraction of sp³-hybridized carbons (Fsp3) is 0.450. The molecule has 1 aromatic carbocycles. The first-order valence-electron chi connectivity index (χ1n) is 8.93. The topological polar surface area (TPSA) is 53.4 Å². The summed E-state index contributed by atoms with van der Waals surface area (Å²) in [7, 11) is 0. The first-order chi connectivity index (χ1) is 13.3. The number of amidine groups is 1. The number of nitrogens with zero attached hydrogens (tertiary/aromatic N) is 4. The van der Waals surface area contributed by atoms with Crippen LogP contribution in [0.15, 0.2) is 34.4 Å². The van der Waals surface area contributed by atoms with Gasteiger partial charge in [-0.1, -0.05) is 40.7 Å². The van der Waals surface area contributed by atoms with Crippen LogP contribution in [0.25, 0.3) is 0 Å². The molecule has 0 saturated heterocycles. The Morgan fingerprint density at radius 2 is 1.90 bits per heavy atom. The van der Waals surface area contributed by atoms with Crippen molar-refractivity contribution in [3.05, 3.63) is 51.0 Å². The Balaban J connectivity index is 2.72. The average Bonchev–Trinajstić information content (AvgIpc) is 2.96. The zero-order valence-corrected chi connectivity index (χ0v) is 17.6. The molecule has 0 amide bonds. The van der Waals surface area contributed by atoms with E-state index in [1.165, 1.54) is 17.5 Å². The van der Waals surface area contributed by atoms with Crippen molar-refractivity contribution in [2.45, 2.75) is 52.8 Å². The minimum atomic E-state index is -4.86. The molecule has 0 atom stereocenters. The molecule has 0 saturated carbocycles. The Morgan fingerprint density at radius 1 is 1.24 bits per heavy atom. The third-order valence-electron chi connectivity index (χ3n) is 3.92. The van der Waals surface area contributed by atoms with Gasteiger partial charge in [0.15, 0.2) is 10.6 Å². The maximum Gasteiger partial charge on any atom is 0.419 e. The molecule has 156 valence electrons. The molecule has 0 radical (unpaired) electrons. The van der Waals surface area contributed by atoms with Crippen LogP contribution in [0.5, 0.6) is 0 Å². The Kier molecular flexibility index (Phi) is 6.68. The lowest BCUT2D eigenvalue weighted by Crippen LogP contribution is -2.20. The number of hydrogen-bond donors (Lipinski definition) is 0. The Morgan fingerprint density at radius 3 is 2.41 bits per heavy atom. The van der Waals surface area contributed by atoms with Crippen LogP contribution in [0.1, 0.15) is 50.6 Å². The molecule has 0 aliphatic rings. The van der Waals surface area contributed by atoms with Crippen molar-refractivity contribution in [3.63, 3.8) is 0 Å². The van der Waals surface area contributed by atoms with Gasteiger partial charge in [0.2, 0.25) is 6.19 Å². The predicted molar refractivity (Wildman–Crippen MR) is 105 cm³/mol. The van der Waals surface area contributed by atoms with Crippen LogP contribution >= 0.6 is 11.3 Å². The Bertz CT molecular complexity index is 1010. The van der Waals surface area contributed by atoms with Crippen LogP contribution in [0, 0.1) is 23.2 Å². The van der Waals surface area contributed by atoms with E-state index in [4.69, 9.17) is 5.26 Å². The van der Waals surface area contributed by atoms with E-state index < -0.39 is 29.0 Å². The molecular weight excluding hydrogens is 404 g/mol. The van der Waals surface area contributed by atoms with Crippen molar-refractivity contribution in [3.8, 4) is 6.19 Å². The van der Waals surface area contributed by atoms with Gasteiger partial charge in [-0.3, -0.25) is 0 Å². The van der Waals surface area contributed by atoms with Gasteiger partial charge in [-0.25, -0.2) is 4.39 Å². The minimum absolute atomic E-state index is 0.175. The van der Waals surface area contributed by atoms with Gasteiger partial charge in [0.1, 0.15) is 5.82 Å². The molecule has 0 unspecified atom stereocenters. The van der Waals surface area contributed by atoms with Crippen LogP contribution in [0.3, 0.4) is 0 Å². The van der Waals surface area contributed by atoms with Crippen molar-refractivity contribution >= 4 is 17.2 Å². The number of thiazole rings is 1. The summed E-state index contributed by atoms with van der Waals surface area (Å²) in [6.07, 6.45) is -1.43. The highest BCUT2D eigenvalue weighted by molar-refractivity contribution is 7.09. The van der Waals surface area contributed by atoms with Crippen molar-refractivity contribution in [1.29, 1.82) is 5.26 Å². The number of nitriles is 1. The van der Waals surface area contributed by atoms with Crippen LogP contribution in [-0.4, -0.2) is 10.4 Å². The highest BCUT2D eigenvalue weighted by Crippen LogP contribution is 2.32. The van der Waals surface area contributed by atoms with Gasteiger partial charge in [-0.05, 0) is 23.5 Å². The van der Waals surface area contributed by atoms with Gasteiger partial charge in [0, 0.05) is 17.6 Å². The normalized spacial score (nSPS) is 13.8. The van der Waals surface area contributed by atoms with Gasteiger partial charge in [0.25, 0.3) is 0 Å². The lowest BCUT2D eigenvalue weighted by atomic mass is 9.95. The molecular formula is C20H22F4N4S. The zero-order valence-electron chi connectivity index (χ0n) is 16.8. The summed E-state index contributed by atoms with van der Waals surface area (Å²) in [6.45, 7) is 10.7. The molecule has 0 aliphatic carbocycles.